The minimum absolute atomic E-state index is 0.0666. The van der Waals surface area contributed by atoms with E-state index in [1.54, 1.807) is 0 Å². The van der Waals surface area contributed by atoms with E-state index in [1.165, 1.54) is 18.5 Å². The van der Waals surface area contributed by atoms with Crippen molar-refractivity contribution in [3.8, 4) is 5.75 Å². The fraction of sp³-hybridized carbons (Fsp3) is 0.500. The maximum Gasteiger partial charge on any atom is 0.261 e. The summed E-state index contributed by atoms with van der Waals surface area (Å²) in [6.45, 7) is 12.6. The molecule has 1 heterocycles. The Bertz CT molecular complexity index is 847. The Morgan fingerprint density at radius 1 is 1.20 bits per heavy atom. The van der Waals surface area contributed by atoms with Gasteiger partial charge >= 0.3 is 0 Å². The van der Waals surface area contributed by atoms with Crippen LogP contribution in [0, 0.1) is 19.8 Å². The van der Waals surface area contributed by atoms with Gasteiger partial charge in [0.2, 0.25) is 0 Å². The monoisotopic (exact) mass is 408 g/mol. The Kier molecular flexibility index (Phi) is 7.41. The van der Waals surface area contributed by atoms with Crippen LogP contribution < -0.4 is 15.0 Å². The third-order valence-electron chi connectivity index (χ3n) is 6.05. The molecule has 0 radical (unpaired) electrons. The fourth-order valence-corrected chi connectivity index (χ4v) is 4.10. The molecule has 0 aliphatic carbocycles. The number of rotatable bonds is 7. The number of hydrogen-bond donors (Lipinski definition) is 1. The molecular formula is C26H36N2O2. The van der Waals surface area contributed by atoms with Gasteiger partial charge in [0.25, 0.3) is 5.91 Å². The van der Waals surface area contributed by atoms with Crippen molar-refractivity contribution in [2.45, 2.75) is 66.0 Å². The van der Waals surface area contributed by atoms with Gasteiger partial charge in [0.15, 0.2) is 6.10 Å². The van der Waals surface area contributed by atoms with E-state index < -0.39 is 6.10 Å². The maximum atomic E-state index is 12.9. The summed E-state index contributed by atoms with van der Waals surface area (Å²) >= 11 is 0. The first-order chi connectivity index (χ1) is 14.4. The van der Waals surface area contributed by atoms with Gasteiger partial charge in [-0.2, -0.15) is 0 Å². The van der Waals surface area contributed by atoms with Crippen LogP contribution in [0.5, 0.6) is 5.75 Å². The molecule has 1 amide bonds. The molecule has 4 heteroatoms. The molecule has 0 saturated carbocycles. The van der Waals surface area contributed by atoms with Crippen LogP contribution in [0.2, 0.25) is 0 Å². The van der Waals surface area contributed by atoms with Gasteiger partial charge in [-0.1, -0.05) is 38.1 Å². The number of aryl methyl sites for hydroxylation is 2. The first-order valence-corrected chi connectivity index (χ1v) is 11.3. The lowest BCUT2D eigenvalue weighted by Crippen LogP contribution is -2.39. The average Bonchev–Trinajstić information content (AvgIpc) is 2.74. The van der Waals surface area contributed by atoms with Crippen molar-refractivity contribution in [1.29, 1.82) is 0 Å². The van der Waals surface area contributed by atoms with Crippen molar-refractivity contribution in [2.24, 2.45) is 5.92 Å². The van der Waals surface area contributed by atoms with Gasteiger partial charge in [0, 0.05) is 18.8 Å². The van der Waals surface area contributed by atoms with Gasteiger partial charge in [0.05, 0.1) is 6.04 Å². The SMILES string of the molecule is CC[C@H](Oc1cc(C)ccc1C)C(=O)N[C@@H](C)c1ccc(N2CCC[C@@H](C)C2)cc1. The van der Waals surface area contributed by atoms with Crippen molar-refractivity contribution < 1.29 is 9.53 Å². The molecule has 2 aromatic rings. The summed E-state index contributed by atoms with van der Waals surface area (Å²) in [5.41, 5.74) is 4.55. The van der Waals surface area contributed by atoms with Crippen molar-refractivity contribution in [3.63, 3.8) is 0 Å². The lowest BCUT2D eigenvalue weighted by molar-refractivity contribution is -0.128. The second-order valence-corrected chi connectivity index (χ2v) is 8.80. The van der Waals surface area contributed by atoms with Crippen LogP contribution in [0.3, 0.4) is 0 Å². The van der Waals surface area contributed by atoms with Crippen molar-refractivity contribution >= 4 is 11.6 Å². The first kappa shape index (κ1) is 22.2. The van der Waals surface area contributed by atoms with Crippen LogP contribution in [0.1, 0.15) is 62.8 Å². The highest BCUT2D eigenvalue weighted by Gasteiger charge is 2.22. The minimum Gasteiger partial charge on any atom is -0.480 e. The van der Waals surface area contributed by atoms with Gasteiger partial charge in [0.1, 0.15) is 5.75 Å². The molecule has 0 unspecified atom stereocenters. The lowest BCUT2D eigenvalue weighted by Gasteiger charge is -2.33. The zero-order valence-corrected chi connectivity index (χ0v) is 19.1. The van der Waals surface area contributed by atoms with Crippen LogP contribution in [0.4, 0.5) is 5.69 Å². The number of carbonyl (C=O) groups excluding carboxylic acids is 1. The van der Waals surface area contributed by atoms with Crippen LogP contribution in [0.25, 0.3) is 0 Å². The molecule has 0 spiro atoms. The molecule has 1 aliphatic heterocycles. The summed E-state index contributed by atoms with van der Waals surface area (Å²) < 4.78 is 6.06. The van der Waals surface area contributed by atoms with E-state index >= 15 is 0 Å². The molecular weight excluding hydrogens is 372 g/mol. The number of hydrogen-bond acceptors (Lipinski definition) is 3. The highest BCUT2D eigenvalue weighted by Crippen LogP contribution is 2.25. The smallest absolute Gasteiger partial charge is 0.261 e. The highest BCUT2D eigenvalue weighted by molar-refractivity contribution is 5.81. The van der Waals surface area contributed by atoms with Gasteiger partial charge < -0.3 is 15.0 Å². The molecule has 4 nitrogen and oxygen atoms in total. The third kappa shape index (κ3) is 5.56. The Morgan fingerprint density at radius 3 is 2.60 bits per heavy atom. The Morgan fingerprint density at radius 2 is 1.93 bits per heavy atom. The Balaban J connectivity index is 1.61. The standard InChI is InChI=1S/C26H36N2O2/c1-6-24(30-25-16-18(2)9-10-20(25)4)26(29)27-21(5)22-11-13-23(14-12-22)28-15-7-8-19(3)17-28/h9-14,16,19,21,24H,6-8,15,17H2,1-5H3,(H,27,29)/t19-,21+,24+/m1/s1. The molecule has 30 heavy (non-hydrogen) atoms. The maximum absolute atomic E-state index is 12.9. The van der Waals surface area contributed by atoms with E-state index in [0.29, 0.717) is 6.42 Å². The van der Waals surface area contributed by atoms with Gasteiger partial charge in [-0.25, -0.2) is 0 Å². The van der Waals surface area contributed by atoms with Crippen LogP contribution in [0.15, 0.2) is 42.5 Å². The summed E-state index contributed by atoms with van der Waals surface area (Å²) in [6, 6.07) is 14.6. The number of nitrogens with zero attached hydrogens (tertiary/aromatic N) is 1. The molecule has 3 rings (SSSR count). The normalized spacial score (nSPS) is 18.6. The van der Waals surface area contributed by atoms with E-state index in [1.807, 2.05) is 39.8 Å². The first-order valence-electron chi connectivity index (χ1n) is 11.3. The number of ether oxygens (including phenoxy) is 1. The summed E-state index contributed by atoms with van der Waals surface area (Å²) in [6.07, 6.45) is 2.70. The molecule has 1 N–H and O–H groups in total. The quantitative estimate of drug-likeness (QED) is 0.651. The second-order valence-electron chi connectivity index (χ2n) is 8.80. The van der Waals surface area contributed by atoms with E-state index in [4.69, 9.17) is 4.74 Å². The molecule has 0 bridgehead atoms. The lowest BCUT2D eigenvalue weighted by atomic mass is 9.99. The molecule has 3 atom stereocenters. The van der Waals surface area contributed by atoms with Crippen LogP contribution in [-0.4, -0.2) is 25.1 Å². The second kappa shape index (κ2) is 10.0. The van der Waals surface area contributed by atoms with E-state index in [-0.39, 0.29) is 11.9 Å². The highest BCUT2D eigenvalue weighted by atomic mass is 16.5. The van der Waals surface area contributed by atoms with Gasteiger partial charge in [-0.3, -0.25) is 4.79 Å². The van der Waals surface area contributed by atoms with E-state index in [0.717, 1.165) is 41.4 Å². The summed E-state index contributed by atoms with van der Waals surface area (Å²) in [7, 11) is 0. The number of piperidine rings is 1. The topological polar surface area (TPSA) is 41.6 Å². The number of amides is 1. The minimum atomic E-state index is -0.498. The molecule has 1 fully saturated rings. The summed E-state index contributed by atoms with van der Waals surface area (Å²) in [5, 5.41) is 3.13. The van der Waals surface area contributed by atoms with Gasteiger partial charge in [-0.15, -0.1) is 0 Å². The predicted molar refractivity (Wildman–Crippen MR) is 124 cm³/mol. The molecule has 0 aromatic heterocycles. The largest absolute Gasteiger partial charge is 0.480 e. The number of anilines is 1. The van der Waals surface area contributed by atoms with Crippen molar-refractivity contribution in [1.82, 2.24) is 5.32 Å². The van der Waals surface area contributed by atoms with Crippen molar-refractivity contribution in [3.05, 3.63) is 59.2 Å². The molecule has 2 aromatic carbocycles. The van der Waals surface area contributed by atoms with E-state index in [9.17, 15) is 4.79 Å². The van der Waals surface area contributed by atoms with Gasteiger partial charge in [-0.05, 0) is 80.8 Å². The van der Waals surface area contributed by atoms with Crippen LogP contribution >= 0.6 is 0 Å². The number of benzene rings is 2. The zero-order chi connectivity index (χ0) is 21.7. The molecule has 1 saturated heterocycles. The predicted octanol–water partition coefficient (Wildman–Crippen LogP) is 5.57. The average molecular weight is 409 g/mol. The fourth-order valence-electron chi connectivity index (χ4n) is 4.10. The number of carbonyl (C=O) groups is 1. The Labute approximate surface area is 181 Å². The molecule has 1 aliphatic rings. The van der Waals surface area contributed by atoms with Crippen LogP contribution in [-0.2, 0) is 4.79 Å². The summed E-state index contributed by atoms with van der Waals surface area (Å²) in [5.74, 6) is 1.46. The third-order valence-corrected chi connectivity index (χ3v) is 6.05. The van der Waals surface area contributed by atoms with Crippen molar-refractivity contribution in [2.75, 3.05) is 18.0 Å². The zero-order valence-electron chi connectivity index (χ0n) is 19.1. The number of nitrogens with one attached hydrogen (secondary N) is 1. The molecule has 162 valence electrons. The summed E-state index contributed by atoms with van der Waals surface area (Å²) in [4.78, 5) is 15.3. The Hall–Kier alpha value is -2.49. The van der Waals surface area contributed by atoms with E-state index in [2.05, 4.69) is 47.5 Å².